The average molecular weight is 367 g/mol. The number of hydrogen-bond acceptors (Lipinski definition) is 5. The van der Waals surface area contributed by atoms with Crippen LogP contribution in [0.1, 0.15) is 44.7 Å². The Labute approximate surface area is 158 Å². The maximum Gasteiger partial charge on any atom is 0.315 e. The van der Waals surface area contributed by atoms with Crippen LogP contribution in [0.4, 0.5) is 0 Å². The molecule has 2 aromatic carbocycles. The van der Waals surface area contributed by atoms with Crippen LogP contribution in [-0.4, -0.2) is 32.7 Å². The zero-order chi connectivity index (χ0) is 19.6. The number of aromatic nitrogens is 3. The summed E-state index contributed by atoms with van der Waals surface area (Å²) in [5, 5.41) is 19.1. The number of benzene rings is 2. The molecule has 0 radical (unpaired) electrons. The monoisotopic (exact) mass is 367 g/mol. The normalized spacial score (nSPS) is 12.9. The summed E-state index contributed by atoms with van der Waals surface area (Å²) in [4.78, 5) is 14.2. The second-order valence-corrected chi connectivity index (χ2v) is 7.57. The van der Waals surface area contributed by atoms with Gasteiger partial charge in [0.1, 0.15) is 22.7 Å². The van der Waals surface area contributed by atoms with Crippen LogP contribution in [0.3, 0.4) is 0 Å². The highest BCUT2D eigenvalue weighted by Crippen LogP contribution is 2.34. The van der Waals surface area contributed by atoms with Gasteiger partial charge in [-0.05, 0) is 41.7 Å². The summed E-state index contributed by atoms with van der Waals surface area (Å²) < 4.78 is 5.29. The Hall–Kier alpha value is -2.89. The molecule has 0 bridgehead atoms. The van der Waals surface area contributed by atoms with Crippen molar-refractivity contribution in [2.24, 2.45) is 0 Å². The van der Waals surface area contributed by atoms with Gasteiger partial charge in [0.2, 0.25) is 0 Å². The van der Waals surface area contributed by atoms with E-state index in [1.54, 1.807) is 19.1 Å². The number of phenols is 1. The molecular formula is C21H25N3O3. The second-order valence-electron chi connectivity index (χ2n) is 7.57. The highest BCUT2D eigenvalue weighted by atomic mass is 16.5. The smallest absolute Gasteiger partial charge is 0.315 e. The molecule has 27 heavy (non-hydrogen) atoms. The standard InChI is InChI=1S/C21H25N3O3/c1-5-27-20(26)15(13-24-22-17-8-6-7-9-18(17)23-24)14-10-11-19(25)16(12-14)21(2,3)4/h6-12,15,25H,5,13H2,1-4H3. The number of esters is 1. The van der Waals surface area contributed by atoms with Crippen molar-refractivity contribution in [3.05, 3.63) is 53.6 Å². The van der Waals surface area contributed by atoms with Gasteiger partial charge in [-0.25, -0.2) is 0 Å². The number of phenolic OH excluding ortho intramolecular Hbond substituents is 1. The third kappa shape index (κ3) is 4.10. The Balaban J connectivity index is 2.00. The van der Waals surface area contributed by atoms with E-state index in [0.29, 0.717) is 6.61 Å². The zero-order valence-corrected chi connectivity index (χ0v) is 16.1. The van der Waals surface area contributed by atoms with Gasteiger partial charge < -0.3 is 9.84 Å². The highest BCUT2D eigenvalue weighted by molar-refractivity contribution is 5.78. The van der Waals surface area contributed by atoms with Gasteiger partial charge in [-0.2, -0.15) is 15.0 Å². The van der Waals surface area contributed by atoms with Gasteiger partial charge in [0.05, 0.1) is 13.2 Å². The fourth-order valence-corrected chi connectivity index (χ4v) is 3.08. The summed E-state index contributed by atoms with van der Waals surface area (Å²) in [7, 11) is 0. The third-order valence-corrected chi connectivity index (χ3v) is 4.48. The van der Waals surface area contributed by atoms with Crippen molar-refractivity contribution < 1.29 is 14.6 Å². The fourth-order valence-electron chi connectivity index (χ4n) is 3.08. The summed E-state index contributed by atoms with van der Waals surface area (Å²) in [6.07, 6.45) is 0. The molecule has 1 aromatic heterocycles. The van der Waals surface area contributed by atoms with Crippen LogP contribution < -0.4 is 0 Å². The molecule has 0 spiro atoms. The summed E-state index contributed by atoms with van der Waals surface area (Å²) in [6.45, 7) is 8.41. The lowest BCUT2D eigenvalue weighted by molar-refractivity contribution is -0.145. The number of rotatable bonds is 5. The highest BCUT2D eigenvalue weighted by Gasteiger charge is 2.27. The zero-order valence-electron chi connectivity index (χ0n) is 16.1. The van der Waals surface area contributed by atoms with Gasteiger partial charge in [0, 0.05) is 0 Å². The lowest BCUT2D eigenvalue weighted by Crippen LogP contribution is -2.23. The van der Waals surface area contributed by atoms with Crippen molar-refractivity contribution in [1.29, 1.82) is 0 Å². The van der Waals surface area contributed by atoms with Crippen molar-refractivity contribution in [1.82, 2.24) is 15.0 Å². The second kappa shape index (κ2) is 7.39. The Morgan fingerprint density at radius 1 is 1.15 bits per heavy atom. The lowest BCUT2D eigenvalue weighted by atomic mass is 9.83. The molecule has 1 unspecified atom stereocenters. The molecule has 142 valence electrons. The average Bonchev–Trinajstić information content (AvgIpc) is 3.02. The molecule has 0 aliphatic rings. The minimum absolute atomic E-state index is 0.219. The van der Waals surface area contributed by atoms with Crippen molar-refractivity contribution in [3.8, 4) is 5.75 Å². The van der Waals surface area contributed by atoms with E-state index < -0.39 is 5.92 Å². The van der Waals surface area contributed by atoms with Gasteiger partial charge in [0.15, 0.2) is 0 Å². The van der Waals surface area contributed by atoms with E-state index in [-0.39, 0.29) is 23.7 Å². The number of carbonyl (C=O) groups excluding carboxylic acids is 1. The largest absolute Gasteiger partial charge is 0.508 e. The van der Waals surface area contributed by atoms with Crippen LogP contribution in [-0.2, 0) is 21.5 Å². The molecule has 0 aliphatic heterocycles. The number of hydrogen-bond donors (Lipinski definition) is 1. The first-order valence-corrected chi connectivity index (χ1v) is 9.09. The van der Waals surface area contributed by atoms with E-state index in [9.17, 15) is 9.90 Å². The van der Waals surface area contributed by atoms with E-state index in [1.165, 1.54) is 4.80 Å². The minimum atomic E-state index is -0.562. The molecule has 6 heteroatoms. The number of fused-ring (bicyclic) bond motifs is 1. The number of nitrogens with zero attached hydrogens (tertiary/aromatic N) is 3. The molecule has 0 amide bonds. The molecule has 0 saturated carbocycles. The number of carbonyl (C=O) groups is 1. The molecule has 1 atom stereocenters. The Morgan fingerprint density at radius 3 is 2.33 bits per heavy atom. The SMILES string of the molecule is CCOC(=O)C(Cn1nc2ccccc2n1)c1ccc(O)c(C(C)(C)C)c1. The van der Waals surface area contributed by atoms with E-state index >= 15 is 0 Å². The molecule has 0 fully saturated rings. The predicted octanol–water partition coefficient (Wildman–Crippen LogP) is 3.78. The molecule has 0 aliphatic carbocycles. The van der Waals surface area contributed by atoms with Crippen molar-refractivity contribution in [3.63, 3.8) is 0 Å². The van der Waals surface area contributed by atoms with Gasteiger partial charge in [-0.3, -0.25) is 4.79 Å². The molecule has 1 heterocycles. The fraction of sp³-hybridized carbons (Fsp3) is 0.381. The summed E-state index contributed by atoms with van der Waals surface area (Å²) >= 11 is 0. The van der Waals surface area contributed by atoms with Crippen LogP contribution in [0, 0.1) is 0 Å². The maximum absolute atomic E-state index is 12.7. The quantitative estimate of drug-likeness (QED) is 0.695. The van der Waals surface area contributed by atoms with Crippen LogP contribution in [0.25, 0.3) is 11.0 Å². The van der Waals surface area contributed by atoms with E-state index in [0.717, 1.165) is 22.2 Å². The maximum atomic E-state index is 12.7. The minimum Gasteiger partial charge on any atom is -0.508 e. The first-order valence-electron chi connectivity index (χ1n) is 9.09. The van der Waals surface area contributed by atoms with Gasteiger partial charge >= 0.3 is 5.97 Å². The molecule has 6 nitrogen and oxygen atoms in total. The van der Waals surface area contributed by atoms with Crippen LogP contribution >= 0.6 is 0 Å². The van der Waals surface area contributed by atoms with E-state index in [2.05, 4.69) is 10.2 Å². The summed E-state index contributed by atoms with van der Waals surface area (Å²) in [6, 6.07) is 12.8. The van der Waals surface area contributed by atoms with Gasteiger partial charge in [-0.15, -0.1) is 0 Å². The lowest BCUT2D eigenvalue weighted by Gasteiger charge is -2.23. The topological polar surface area (TPSA) is 77.2 Å². The molecular weight excluding hydrogens is 342 g/mol. The van der Waals surface area contributed by atoms with E-state index in [1.807, 2.05) is 51.1 Å². The summed E-state index contributed by atoms with van der Waals surface area (Å²) in [5.41, 5.74) is 2.87. The summed E-state index contributed by atoms with van der Waals surface area (Å²) in [5.74, 6) is -0.672. The van der Waals surface area contributed by atoms with Crippen molar-refractivity contribution >= 4 is 17.0 Å². The Kier molecular flexibility index (Phi) is 5.17. The molecule has 1 N–H and O–H groups in total. The first kappa shape index (κ1) is 18.9. The van der Waals surface area contributed by atoms with Crippen LogP contribution in [0.15, 0.2) is 42.5 Å². The van der Waals surface area contributed by atoms with Crippen molar-refractivity contribution in [2.45, 2.75) is 45.6 Å². The van der Waals surface area contributed by atoms with Gasteiger partial charge in [0.25, 0.3) is 0 Å². The Morgan fingerprint density at radius 2 is 1.78 bits per heavy atom. The predicted molar refractivity (Wildman–Crippen MR) is 104 cm³/mol. The Bertz CT molecular complexity index is 924. The van der Waals surface area contributed by atoms with Crippen molar-refractivity contribution in [2.75, 3.05) is 6.61 Å². The number of aromatic hydroxyl groups is 1. The number of ether oxygens (including phenoxy) is 1. The molecule has 3 aromatic rings. The van der Waals surface area contributed by atoms with Crippen LogP contribution in [0.5, 0.6) is 5.75 Å². The third-order valence-electron chi connectivity index (χ3n) is 4.48. The van der Waals surface area contributed by atoms with Gasteiger partial charge in [-0.1, -0.05) is 45.0 Å². The van der Waals surface area contributed by atoms with Crippen LogP contribution in [0.2, 0.25) is 0 Å². The van der Waals surface area contributed by atoms with E-state index in [4.69, 9.17) is 4.74 Å². The molecule has 0 saturated heterocycles. The first-order chi connectivity index (χ1) is 12.8. The molecule has 3 rings (SSSR count).